The standard InChI is InChI=1S/C56H97NO7/c1-6-8-10-12-14-16-18-20-22-24-25-26-27-28-29-31-32-34-36-38-40-42-44-46-54(58)63-51-52(50-62-49-48-53(56(60)61)57(3,4)5)64-55(59)47-45-43-41-39-37-35-33-30-23-21-19-17-15-13-11-9-7-2/h8,10,14,16,20-23,25-26,28-29,52-53H,6-7,9,11-13,15,17-19,24,27,30-51H2,1-5H3/b10-8+,16-14+,22-20+,23-21+,26-25+,29-28+. The molecule has 0 radical (unpaired) electrons. The number of carboxylic acids is 1. The SMILES string of the molecule is CC/C=C/C/C=C/C/C=C/C/C=C/C/C=C/CCCCCCCCCC(=O)OCC(COCCC(C(=O)[O-])[N+](C)(C)C)OC(=O)CCCCCCCCC/C=C/CCCCCCCC. The lowest BCUT2D eigenvalue weighted by molar-refractivity contribution is -0.889. The minimum atomic E-state index is -1.13. The molecule has 0 aromatic carbocycles. The van der Waals surface area contributed by atoms with Crippen LogP contribution in [0.1, 0.15) is 213 Å². The Morgan fingerprint density at radius 1 is 0.484 bits per heavy atom. The molecule has 8 nitrogen and oxygen atoms in total. The van der Waals surface area contributed by atoms with Gasteiger partial charge in [0.1, 0.15) is 12.6 Å². The first-order chi connectivity index (χ1) is 31.1. The number of allylic oxidation sites excluding steroid dienone is 12. The fourth-order valence-electron chi connectivity index (χ4n) is 7.33. The monoisotopic (exact) mass is 896 g/mol. The molecule has 0 bridgehead atoms. The van der Waals surface area contributed by atoms with Gasteiger partial charge < -0.3 is 28.6 Å². The summed E-state index contributed by atoms with van der Waals surface area (Å²) in [5, 5.41) is 11.7. The Balaban J connectivity index is 4.27. The molecule has 0 N–H and O–H groups in total. The Kier molecular flexibility index (Phi) is 44.0. The highest BCUT2D eigenvalue weighted by Gasteiger charge is 2.25. The van der Waals surface area contributed by atoms with Crippen LogP contribution < -0.4 is 5.11 Å². The average Bonchev–Trinajstić information content (AvgIpc) is 3.26. The van der Waals surface area contributed by atoms with Crippen molar-refractivity contribution in [1.29, 1.82) is 0 Å². The molecule has 0 fully saturated rings. The molecule has 0 spiro atoms. The van der Waals surface area contributed by atoms with Gasteiger partial charge in [0.25, 0.3) is 0 Å². The summed E-state index contributed by atoms with van der Waals surface area (Å²) in [6.45, 7) is 4.54. The third-order valence-corrected chi connectivity index (χ3v) is 11.3. The van der Waals surface area contributed by atoms with Gasteiger partial charge in [-0.05, 0) is 83.5 Å². The summed E-state index contributed by atoms with van der Waals surface area (Å²) in [5.74, 6) is -1.75. The van der Waals surface area contributed by atoms with E-state index >= 15 is 0 Å². The Hall–Kier alpha value is -3.23. The summed E-state index contributed by atoms with van der Waals surface area (Å²) < 4.78 is 17.2. The zero-order valence-electron chi connectivity index (χ0n) is 41.9. The molecule has 0 aliphatic rings. The number of likely N-dealkylation sites (N-methyl/N-ethyl adjacent to an activating group) is 1. The van der Waals surface area contributed by atoms with Crippen LogP contribution in [0.25, 0.3) is 0 Å². The van der Waals surface area contributed by atoms with Crippen LogP contribution in [0.4, 0.5) is 0 Å². The van der Waals surface area contributed by atoms with E-state index in [1.165, 1.54) is 103 Å². The van der Waals surface area contributed by atoms with E-state index in [1.807, 2.05) is 0 Å². The third kappa shape index (κ3) is 44.0. The normalized spacial score (nSPS) is 13.5. The summed E-state index contributed by atoms with van der Waals surface area (Å²) in [7, 11) is 5.41. The second-order valence-electron chi connectivity index (χ2n) is 18.4. The maximum absolute atomic E-state index is 12.8. The second kappa shape index (κ2) is 46.3. The molecule has 2 atom stereocenters. The van der Waals surface area contributed by atoms with E-state index in [1.54, 1.807) is 21.1 Å². The molecule has 2 unspecified atom stereocenters. The van der Waals surface area contributed by atoms with Gasteiger partial charge in [-0.25, -0.2) is 0 Å². The van der Waals surface area contributed by atoms with E-state index in [2.05, 4.69) is 86.8 Å². The number of aliphatic carboxylic acids is 1. The smallest absolute Gasteiger partial charge is 0.306 e. The lowest BCUT2D eigenvalue weighted by Gasteiger charge is -2.34. The molecule has 0 heterocycles. The van der Waals surface area contributed by atoms with Crippen LogP contribution in [-0.2, 0) is 28.6 Å². The molecule has 0 saturated carbocycles. The fraction of sp³-hybridized carbons (Fsp3) is 0.732. The Morgan fingerprint density at radius 3 is 1.31 bits per heavy atom. The van der Waals surface area contributed by atoms with Crippen molar-refractivity contribution < 1.29 is 38.2 Å². The van der Waals surface area contributed by atoms with E-state index in [-0.39, 0.29) is 42.7 Å². The number of carbonyl (C=O) groups excluding carboxylic acids is 3. The fourth-order valence-corrected chi connectivity index (χ4v) is 7.33. The van der Waals surface area contributed by atoms with Crippen molar-refractivity contribution in [3.63, 3.8) is 0 Å². The van der Waals surface area contributed by atoms with Crippen LogP contribution >= 0.6 is 0 Å². The van der Waals surface area contributed by atoms with E-state index in [4.69, 9.17) is 14.2 Å². The number of esters is 2. The summed E-state index contributed by atoms with van der Waals surface area (Å²) >= 11 is 0. The van der Waals surface area contributed by atoms with Crippen LogP contribution in [0.15, 0.2) is 72.9 Å². The molecule has 0 aliphatic carbocycles. The molecule has 0 saturated heterocycles. The third-order valence-electron chi connectivity index (χ3n) is 11.3. The zero-order chi connectivity index (χ0) is 47.0. The Morgan fingerprint density at radius 2 is 0.875 bits per heavy atom. The first kappa shape index (κ1) is 60.8. The lowest BCUT2D eigenvalue weighted by Crippen LogP contribution is -2.55. The number of carbonyl (C=O) groups is 3. The van der Waals surface area contributed by atoms with Gasteiger partial charge in [0.15, 0.2) is 6.10 Å². The number of carboxylic acid groups (broad SMARTS) is 1. The van der Waals surface area contributed by atoms with E-state index in [9.17, 15) is 19.5 Å². The highest BCUT2D eigenvalue weighted by Crippen LogP contribution is 2.14. The predicted octanol–water partition coefficient (Wildman–Crippen LogP) is 13.8. The van der Waals surface area contributed by atoms with Gasteiger partial charge in [-0.15, -0.1) is 0 Å². The van der Waals surface area contributed by atoms with Crippen molar-refractivity contribution in [3.8, 4) is 0 Å². The van der Waals surface area contributed by atoms with Crippen LogP contribution in [0.2, 0.25) is 0 Å². The predicted molar refractivity (Wildman–Crippen MR) is 268 cm³/mol. The molecule has 0 aliphatic heterocycles. The quantitative estimate of drug-likeness (QED) is 0.0259. The van der Waals surface area contributed by atoms with Gasteiger partial charge in [-0.2, -0.15) is 0 Å². The van der Waals surface area contributed by atoms with Crippen molar-refractivity contribution >= 4 is 17.9 Å². The van der Waals surface area contributed by atoms with E-state index < -0.39 is 18.1 Å². The van der Waals surface area contributed by atoms with Crippen molar-refractivity contribution in [2.24, 2.45) is 0 Å². The van der Waals surface area contributed by atoms with Gasteiger partial charge in [0.2, 0.25) is 0 Å². The highest BCUT2D eigenvalue weighted by atomic mass is 16.6. The number of ether oxygens (including phenoxy) is 3. The molecule has 368 valence electrons. The number of unbranched alkanes of at least 4 members (excludes halogenated alkanes) is 20. The molecule has 64 heavy (non-hydrogen) atoms. The second-order valence-corrected chi connectivity index (χ2v) is 18.4. The van der Waals surface area contributed by atoms with Gasteiger partial charge in [-0.1, -0.05) is 183 Å². The van der Waals surface area contributed by atoms with Gasteiger partial charge in [-0.3, -0.25) is 9.59 Å². The van der Waals surface area contributed by atoms with Gasteiger partial charge >= 0.3 is 11.9 Å². The maximum atomic E-state index is 12.8. The van der Waals surface area contributed by atoms with Crippen molar-refractivity contribution in [1.82, 2.24) is 0 Å². The van der Waals surface area contributed by atoms with Crippen molar-refractivity contribution in [2.45, 2.75) is 225 Å². The first-order valence-electron chi connectivity index (χ1n) is 26.0. The molecule has 0 amide bonds. The zero-order valence-corrected chi connectivity index (χ0v) is 41.9. The van der Waals surface area contributed by atoms with Crippen molar-refractivity contribution in [3.05, 3.63) is 72.9 Å². The molecule has 8 heteroatoms. The molecule has 0 aromatic heterocycles. The number of hydrogen-bond acceptors (Lipinski definition) is 7. The van der Waals surface area contributed by atoms with Gasteiger partial charge in [0.05, 0.1) is 40.3 Å². The molecule has 0 rings (SSSR count). The topological polar surface area (TPSA) is 102 Å². The average molecular weight is 896 g/mol. The number of hydrogen-bond donors (Lipinski definition) is 0. The minimum Gasteiger partial charge on any atom is -0.544 e. The van der Waals surface area contributed by atoms with Gasteiger partial charge in [0, 0.05) is 19.3 Å². The molecule has 0 aromatic rings. The molecular formula is C56H97NO7. The van der Waals surface area contributed by atoms with E-state index in [0.717, 1.165) is 77.0 Å². The number of nitrogens with zero attached hydrogens (tertiary/aromatic N) is 1. The van der Waals surface area contributed by atoms with Crippen LogP contribution in [0.3, 0.4) is 0 Å². The van der Waals surface area contributed by atoms with Crippen LogP contribution in [-0.4, -0.2) is 75.5 Å². The lowest BCUT2D eigenvalue weighted by atomic mass is 10.1. The largest absolute Gasteiger partial charge is 0.544 e. The Labute approximate surface area is 393 Å². The summed E-state index contributed by atoms with van der Waals surface area (Å²) in [4.78, 5) is 37.0. The Bertz CT molecular complexity index is 1270. The molecular weight excluding hydrogens is 799 g/mol. The number of quaternary nitrogens is 1. The maximum Gasteiger partial charge on any atom is 0.306 e. The summed E-state index contributed by atoms with van der Waals surface area (Å²) in [6.07, 6.45) is 59.3. The first-order valence-corrected chi connectivity index (χ1v) is 26.0. The van der Waals surface area contributed by atoms with Crippen LogP contribution in [0.5, 0.6) is 0 Å². The minimum absolute atomic E-state index is 0.0330. The van der Waals surface area contributed by atoms with Crippen LogP contribution in [0, 0.1) is 0 Å². The summed E-state index contributed by atoms with van der Waals surface area (Å²) in [6, 6.07) is -0.732. The highest BCUT2D eigenvalue weighted by molar-refractivity contribution is 5.70. The summed E-state index contributed by atoms with van der Waals surface area (Å²) in [5.41, 5.74) is 0. The van der Waals surface area contributed by atoms with Crippen molar-refractivity contribution in [2.75, 3.05) is 41.0 Å². The van der Waals surface area contributed by atoms with E-state index in [0.29, 0.717) is 12.8 Å². The number of rotatable bonds is 46.